The van der Waals surface area contributed by atoms with E-state index < -0.39 is 0 Å². The van der Waals surface area contributed by atoms with Crippen molar-refractivity contribution in [2.24, 2.45) is 0 Å². The molecule has 2 fully saturated rings. The van der Waals surface area contributed by atoms with E-state index in [4.69, 9.17) is 0 Å². The Kier molecular flexibility index (Phi) is 2.92. The van der Waals surface area contributed by atoms with E-state index in [1.54, 1.807) is 0 Å². The Hall–Kier alpha value is -1.64. The Balaban J connectivity index is 1.97. The van der Waals surface area contributed by atoms with Gasteiger partial charge in [0.25, 0.3) is 5.91 Å². The first-order chi connectivity index (χ1) is 9.12. The predicted octanol–water partition coefficient (Wildman–Crippen LogP) is 2.80. The number of ketones is 1. The van der Waals surface area contributed by atoms with Crippen molar-refractivity contribution in [3.63, 3.8) is 0 Å². The minimum atomic E-state index is -0.194. The fraction of sp³-hybridized carbons (Fsp3) is 0.500. The van der Waals surface area contributed by atoms with Gasteiger partial charge < -0.3 is 4.90 Å². The lowest BCUT2D eigenvalue weighted by Crippen LogP contribution is -2.63. The van der Waals surface area contributed by atoms with Crippen LogP contribution in [0.1, 0.15) is 49.4 Å². The summed E-state index contributed by atoms with van der Waals surface area (Å²) in [4.78, 5) is 26.7. The van der Waals surface area contributed by atoms with E-state index in [1.807, 2.05) is 35.2 Å². The number of nitrogens with zero attached hydrogens (tertiary/aromatic N) is 1. The van der Waals surface area contributed by atoms with Crippen molar-refractivity contribution in [1.82, 2.24) is 4.90 Å². The second-order valence-corrected chi connectivity index (χ2v) is 5.91. The zero-order valence-corrected chi connectivity index (χ0v) is 11.3. The molecule has 2 aliphatic heterocycles. The number of benzene rings is 1. The third-order valence-corrected chi connectivity index (χ3v) is 4.61. The van der Waals surface area contributed by atoms with Crippen LogP contribution in [0, 0.1) is 0 Å². The first-order valence-corrected chi connectivity index (χ1v) is 7.03. The van der Waals surface area contributed by atoms with Crippen LogP contribution in [0.25, 0.3) is 0 Å². The van der Waals surface area contributed by atoms with Crippen LogP contribution in [-0.2, 0) is 4.79 Å². The van der Waals surface area contributed by atoms with Crippen molar-refractivity contribution in [1.29, 1.82) is 0 Å². The number of carbonyl (C=O) groups excluding carboxylic acids is 2. The van der Waals surface area contributed by atoms with Crippen LogP contribution < -0.4 is 0 Å². The summed E-state index contributed by atoms with van der Waals surface area (Å²) in [6.45, 7) is 2.13. The number of fused-ring (bicyclic) bond motifs is 2. The highest BCUT2D eigenvalue weighted by Gasteiger charge is 2.48. The largest absolute Gasteiger partial charge is 0.323 e. The summed E-state index contributed by atoms with van der Waals surface area (Å²) in [6.07, 6.45) is 4.31. The van der Waals surface area contributed by atoms with Gasteiger partial charge in [-0.25, -0.2) is 0 Å². The third kappa shape index (κ3) is 1.97. The molecule has 19 heavy (non-hydrogen) atoms. The van der Waals surface area contributed by atoms with Crippen molar-refractivity contribution in [2.45, 2.75) is 50.6 Å². The number of Topliss-reactive ketones (excluding diaryl/α,β-unsaturated/α-hetero) is 1. The molecular weight excluding hydrogens is 238 g/mol. The fourth-order valence-corrected chi connectivity index (χ4v) is 3.52. The van der Waals surface area contributed by atoms with Gasteiger partial charge in [-0.2, -0.15) is 0 Å². The molecule has 0 aromatic heterocycles. The molecule has 2 aliphatic rings. The molecule has 0 aliphatic carbocycles. The van der Waals surface area contributed by atoms with E-state index in [-0.39, 0.29) is 23.3 Å². The number of piperidine rings is 2. The van der Waals surface area contributed by atoms with E-state index in [0.29, 0.717) is 12.0 Å². The molecule has 0 saturated carbocycles. The highest BCUT2D eigenvalue weighted by molar-refractivity contribution is 5.99. The standard InChI is InChI=1S/C16H19NO2/c1-16-10-5-8-13(14(18)9-11-16)17(16)15(19)12-6-3-2-4-7-12/h2-4,6-7,13H,5,8-11H2,1H3/t13-,16+/m1/s1. The molecule has 1 aromatic rings. The van der Waals surface area contributed by atoms with Crippen LogP contribution >= 0.6 is 0 Å². The second kappa shape index (κ2) is 4.48. The monoisotopic (exact) mass is 257 g/mol. The summed E-state index contributed by atoms with van der Waals surface area (Å²) in [5.41, 5.74) is 0.555. The first kappa shape index (κ1) is 12.4. The second-order valence-electron chi connectivity index (χ2n) is 5.91. The van der Waals surface area contributed by atoms with Gasteiger partial charge in [-0.05, 0) is 44.7 Å². The SMILES string of the molecule is C[C@]12CCC[C@H](C(=O)CC1)N2C(=O)c1ccccc1. The molecule has 2 atom stereocenters. The predicted molar refractivity (Wildman–Crippen MR) is 72.9 cm³/mol. The molecule has 3 heteroatoms. The minimum absolute atomic E-state index is 0.0147. The summed E-state index contributed by atoms with van der Waals surface area (Å²) < 4.78 is 0. The van der Waals surface area contributed by atoms with Crippen molar-refractivity contribution < 1.29 is 9.59 Å². The van der Waals surface area contributed by atoms with Crippen molar-refractivity contribution in [3.8, 4) is 0 Å². The summed E-state index contributed by atoms with van der Waals surface area (Å²) in [5, 5.41) is 0. The topological polar surface area (TPSA) is 37.4 Å². The Morgan fingerprint density at radius 2 is 2.00 bits per heavy atom. The fourth-order valence-electron chi connectivity index (χ4n) is 3.52. The van der Waals surface area contributed by atoms with Gasteiger partial charge >= 0.3 is 0 Å². The summed E-state index contributed by atoms with van der Waals surface area (Å²) in [7, 11) is 0. The third-order valence-electron chi connectivity index (χ3n) is 4.61. The molecule has 100 valence electrons. The van der Waals surface area contributed by atoms with Crippen molar-refractivity contribution in [3.05, 3.63) is 35.9 Å². The highest BCUT2D eigenvalue weighted by atomic mass is 16.2. The Bertz CT molecular complexity index is 511. The van der Waals surface area contributed by atoms with Crippen LogP contribution in [0.4, 0.5) is 0 Å². The van der Waals surface area contributed by atoms with Gasteiger partial charge in [-0.15, -0.1) is 0 Å². The molecule has 1 aromatic carbocycles. The van der Waals surface area contributed by atoms with E-state index >= 15 is 0 Å². The lowest BCUT2D eigenvalue weighted by molar-refractivity contribution is -0.133. The van der Waals surface area contributed by atoms with Crippen molar-refractivity contribution in [2.75, 3.05) is 0 Å². The highest BCUT2D eigenvalue weighted by Crippen LogP contribution is 2.41. The smallest absolute Gasteiger partial charge is 0.254 e. The summed E-state index contributed by atoms with van der Waals surface area (Å²) >= 11 is 0. The van der Waals surface area contributed by atoms with Gasteiger partial charge in [0.1, 0.15) is 0 Å². The zero-order chi connectivity index (χ0) is 13.5. The molecule has 3 rings (SSSR count). The number of hydrogen-bond donors (Lipinski definition) is 0. The molecule has 2 heterocycles. The maximum Gasteiger partial charge on any atom is 0.254 e. The van der Waals surface area contributed by atoms with E-state index in [1.165, 1.54) is 0 Å². The molecular formula is C16H19NO2. The molecule has 0 spiro atoms. The van der Waals surface area contributed by atoms with E-state index in [2.05, 4.69) is 6.92 Å². The van der Waals surface area contributed by atoms with Gasteiger partial charge in [-0.1, -0.05) is 18.2 Å². The van der Waals surface area contributed by atoms with Crippen LogP contribution in [0.3, 0.4) is 0 Å². The molecule has 1 amide bonds. The van der Waals surface area contributed by atoms with E-state index in [0.717, 1.165) is 25.7 Å². The normalized spacial score (nSPS) is 30.3. The molecule has 2 bridgehead atoms. The summed E-state index contributed by atoms with van der Waals surface area (Å²) in [6, 6.07) is 9.12. The maximum atomic E-state index is 12.7. The average Bonchev–Trinajstić information content (AvgIpc) is 2.43. The molecule has 2 saturated heterocycles. The summed E-state index contributed by atoms with van der Waals surface area (Å²) in [5.74, 6) is 0.252. The van der Waals surface area contributed by atoms with Crippen LogP contribution in [0.2, 0.25) is 0 Å². The Labute approximate surface area is 113 Å². The van der Waals surface area contributed by atoms with Gasteiger partial charge in [-0.3, -0.25) is 9.59 Å². The zero-order valence-electron chi connectivity index (χ0n) is 11.3. The Morgan fingerprint density at radius 1 is 1.26 bits per heavy atom. The number of hydrogen-bond acceptors (Lipinski definition) is 2. The molecule has 0 unspecified atom stereocenters. The van der Waals surface area contributed by atoms with Gasteiger partial charge in [0, 0.05) is 17.5 Å². The number of rotatable bonds is 1. The maximum absolute atomic E-state index is 12.7. The van der Waals surface area contributed by atoms with Gasteiger partial charge in [0.15, 0.2) is 5.78 Å². The molecule has 3 nitrogen and oxygen atoms in total. The number of amides is 1. The van der Waals surface area contributed by atoms with E-state index in [9.17, 15) is 9.59 Å². The lowest BCUT2D eigenvalue weighted by atomic mass is 9.74. The van der Waals surface area contributed by atoms with Crippen LogP contribution in [0.5, 0.6) is 0 Å². The molecule has 0 radical (unpaired) electrons. The number of carbonyl (C=O) groups is 2. The quantitative estimate of drug-likeness (QED) is 0.775. The minimum Gasteiger partial charge on any atom is -0.323 e. The van der Waals surface area contributed by atoms with Gasteiger partial charge in [0.05, 0.1) is 6.04 Å². The van der Waals surface area contributed by atoms with Gasteiger partial charge in [0.2, 0.25) is 0 Å². The van der Waals surface area contributed by atoms with Crippen LogP contribution in [-0.4, -0.2) is 28.2 Å². The lowest BCUT2D eigenvalue weighted by Gasteiger charge is -2.52. The van der Waals surface area contributed by atoms with Crippen molar-refractivity contribution >= 4 is 11.7 Å². The molecule has 0 N–H and O–H groups in total. The Morgan fingerprint density at radius 3 is 2.74 bits per heavy atom. The average molecular weight is 257 g/mol. The van der Waals surface area contributed by atoms with Crippen LogP contribution in [0.15, 0.2) is 30.3 Å². The first-order valence-electron chi connectivity index (χ1n) is 7.03.